The van der Waals surface area contributed by atoms with Crippen molar-refractivity contribution in [3.8, 4) is 6.01 Å². The van der Waals surface area contributed by atoms with Crippen molar-refractivity contribution in [2.24, 2.45) is 11.8 Å². The largest absolute Gasteiger partial charge is 0.463 e. The summed E-state index contributed by atoms with van der Waals surface area (Å²) >= 11 is 0. The Kier molecular flexibility index (Phi) is 6.27. The maximum Gasteiger partial charge on any atom is 0.323 e. The Hall–Kier alpha value is -1.63. The first-order valence-corrected chi connectivity index (χ1v) is 6.72. The molecular formula is C12H24N6O. The highest BCUT2D eigenvalue weighted by molar-refractivity contribution is 5.35. The molecule has 0 aliphatic rings. The van der Waals surface area contributed by atoms with Crippen molar-refractivity contribution in [2.75, 3.05) is 17.3 Å². The van der Waals surface area contributed by atoms with Crippen molar-refractivity contribution < 1.29 is 4.74 Å². The lowest BCUT2D eigenvalue weighted by atomic mass is 10.0. The molecule has 1 atom stereocenters. The molecule has 1 rings (SSSR count). The monoisotopic (exact) mass is 268 g/mol. The van der Waals surface area contributed by atoms with Gasteiger partial charge in [-0.2, -0.15) is 15.0 Å². The van der Waals surface area contributed by atoms with Crippen LogP contribution < -0.4 is 21.3 Å². The number of hydrogen-bond donors (Lipinski definition) is 3. The Bertz CT molecular complexity index is 384. The number of rotatable bonds is 8. The molecule has 1 aromatic heterocycles. The zero-order chi connectivity index (χ0) is 14.3. The molecule has 7 nitrogen and oxygen atoms in total. The maximum absolute atomic E-state index is 5.42. The zero-order valence-electron chi connectivity index (χ0n) is 12.1. The van der Waals surface area contributed by atoms with Crippen LogP contribution in [0.15, 0.2) is 0 Å². The van der Waals surface area contributed by atoms with Gasteiger partial charge < -0.3 is 10.1 Å². The smallest absolute Gasteiger partial charge is 0.323 e. The Morgan fingerprint density at radius 3 is 2.37 bits per heavy atom. The Morgan fingerprint density at radius 1 is 1.16 bits per heavy atom. The molecule has 1 aromatic rings. The molecule has 0 fully saturated rings. The number of hydrazine groups is 1. The molecule has 4 N–H and O–H groups in total. The van der Waals surface area contributed by atoms with E-state index >= 15 is 0 Å². The third-order valence-corrected chi connectivity index (χ3v) is 2.74. The number of nitrogens with two attached hydrogens (primary N) is 1. The van der Waals surface area contributed by atoms with Gasteiger partial charge in [-0.05, 0) is 18.8 Å². The summed E-state index contributed by atoms with van der Waals surface area (Å²) in [6.45, 7) is 9.01. The van der Waals surface area contributed by atoms with E-state index in [1.165, 1.54) is 0 Å². The van der Waals surface area contributed by atoms with Crippen LogP contribution >= 0.6 is 0 Å². The second-order valence-electron chi connectivity index (χ2n) is 4.66. The minimum Gasteiger partial charge on any atom is -0.463 e. The summed E-state index contributed by atoms with van der Waals surface area (Å²) in [5.41, 5.74) is 2.42. The van der Waals surface area contributed by atoms with Crippen LogP contribution in [0.2, 0.25) is 0 Å². The quantitative estimate of drug-likeness (QED) is 0.488. The molecule has 1 unspecified atom stereocenters. The molecule has 0 aromatic carbocycles. The van der Waals surface area contributed by atoms with Gasteiger partial charge in [0.2, 0.25) is 11.9 Å². The van der Waals surface area contributed by atoms with Crippen molar-refractivity contribution in [1.29, 1.82) is 0 Å². The fourth-order valence-corrected chi connectivity index (χ4v) is 1.65. The summed E-state index contributed by atoms with van der Waals surface area (Å²) in [5.74, 6) is 6.61. The Labute approximate surface area is 114 Å². The summed E-state index contributed by atoms with van der Waals surface area (Å²) in [4.78, 5) is 12.5. The molecule has 0 saturated carbocycles. The van der Waals surface area contributed by atoms with Gasteiger partial charge in [-0.25, -0.2) is 5.84 Å². The second kappa shape index (κ2) is 7.73. The van der Waals surface area contributed by atoms with E-state index in [0.717, 1.165) is 12.8 Å². The highest BCUT2D eigenvalue weighted by Gasteiger charge is 2.14. The number of ether oxygens (including phenoxy) is 1. The predicted octanol–water partition coefficient (Wildman–Crippen LogP) is 1.79. The van der Waals surface area contributed by atoms with Crippen LogP contribution in [0.5, 0.6) is 6.01 Å². The van der Waals surface area contributed by atoms with E-state index in [2.05, 4.69) is 46.5 Å². The van der Waals surface area contributed by atoms with Crippen LogP contribution in [0.1, 0.15) is 40.5 Å². The first kappa shape index (κ1) is 15.4. The molecule has 108 valence electrons. The number of nitrogens with zero attached hydrogens (tertiary/aromatic N) is 3. The van der Waals surface area contributed by atoms with E-state index in [0.29, 0.717) is 30.5 Å². The van der Waals surface area contributed by atoms with Gasteiger partial charge in [0.15, 0.2) is 0 Å². The van der Waals surface area contributed by atoms with E-state index in [9.17, 15) is 0 Å². The van der Waals surface area contributed by atoms with Crippen LogP contribution in [0, 0.1) is 5.92 Å². The van der Waals surface area contributed by atoms with E-state index in [1.807, 2.05) is 6.92 Å². The third kappa shape index (κ3) is 4.86. The number of aromatic nitrogens is 3. The lowest BCUT2D eigenvalue weighted by molar-refractivity contribution is 0.292. The van der Waals surface area contributed by atoms with Crippen molar-refractivity contribution >= 4 is 11.9 Å². The Morgan fingerprint density at radius 2 is 1.84 bits per heavy atom. The highest BCUT2D eigenvalue weighted by atomic mass is 16.5. The average molecular weight is 268 g/mol. The predicted molar refractivity (Wildman–Crippen MR) is 76.0 cm³/mol. The summed E-state index contributed by atoms with van der Waals surface area (Å²) in [5, 5.41) is 3.28. The topological polar surface area (TPSA) is 98.0 Å². The van der Waals surface area contributed by atoms with Gasteiger partial charge in [0.1, 0.15) is 0 Å². The fraction of sp³-hybridized carbons (Fsp3) is 0.750. The van der Waals surface area contributed by atoms with Crippen LogP contribution in [0.25, 0.3) is 0 Å². The third-order valence-electron chi connectivity index (χ3n) is 2.74. The minimum absolute atomic E-state index is 0.283. The highest BCUT2D eigenvalue weighted by Crippen LogP contribution is 2.15. The summed E-state index contributed by atoms with van der Waals surface area (Å²) in [6, 6.07) is 0.581. The minimum atomic E-state index is 0.283. The molecule has 19 heavy (non-hydrogen) atoms. The number of hydrogen-bond acceptors (Lipinski definition) is 7. The van der Waals surface area contributed by atoms with Crippen molar-refractivity contribution in [3.05, 3.63) is 0 Å². The van der Waals surface area contributed by atoms with Gasteiger partial charge in [0.25, 0.3) is 0 Å². The van der Waals surface area contributed by atoms with Crippen LogP contribution in [0.3, 0.4) is 0 Å². The van der Waals surface area contributed by atoms with E-state index < -0.39 is 0 Å². The summed E-state index contributed by atoms with van der Waals surface area (Å²) in [7, 11) is 0. The fourth-order valence-electron chi connectivity index (χ4n) is 1.65. The standard InChI is InChI=1S/C12H24N6O/c1-5-7-19-12-16-10(15-11(17-12)18-13)14-9(6-2)8(3)4/h8-9H,5-7,13H2,1-4H3,(H2,14,15,16,17,18). The van der Waals surface area contributed by atoms with E-state index in [4.69, 9.17) is 10.6 Å². The van der Waals surface area contributed by atoms with E-state index in [-0.39, 0.29) is 6.01 Å². The number of nitrogens with one attached hydrogen (secondary N) is 2. The molecule has 0 aliphatic carbocycles. The van der Waals surface area contributed by atoms with Gasteiger partial charge in [-0.3, -0.25) is 5.43 Å². The lowest BCUT2D eigenvalue weighted by Gasteiger charge is -2.20. The lowest BCUT2D eigenvalue weighted by Crippen LogP contribution is -2.26. The van der Waals surface area contributed by atoms with Gasteiger partial charge >= 0.3 is 6.01 Å². The van der Waals surface area contributed by atoms with Crippen LogP contribution in [-0.2, 0) is 0 Å². The second-order valence-corrected chi connectivity index (χ2v) is 4.66. The first-order chi connectivity index (χ1) is 9.10. The molecular weight excluding hydrogens is 244 g/mol. The molecule has 0 radical (unpaired) electrons. The van der Waals surface area contributed by atoms with Crippen molar-refractivity contribution in [1.82, 2.24) is 15.0 Å². The van der Waals surface area contributed by atoms with Gasteiger partial charge in [0, 0.05) is 6.04 Å². The van der Waals surface area contributed by atoms with E-state index in [1.54, 1.807) is 0 Å². The molecule has 0 amide bonds. The van der Waals surface area contributed by atoms with Gasteiger partial charge in [0.05, 0.1) is 6.61 Å². The number of nitrogen functional groups attached to an aromatic ring is 1. The zero-order valence-corrected chi connectivity index (χ0v) is 12.1. The average Bonchev–Trinajstić information content (AvgIpc) is 2.41. The normalized spacial score (nSPS) is 12.3. The Balaban J connectivity index is 2.86. The van der Waals surface area contributed by atoms with Gasteiger partial charge in [-0.1, -0.05) is 27.7 Å². The summed E-state index contributed by atoms with van der Waals surface area (Å²) in [6.07, 6.45) is 1.88. The van der Waals surface area contributed by atoms with Gasteiger partial charge in [-0.15, -0.1) is 0 Å². The first-order valence-electron chi connectivity index (χ1n) is 6.72. The molecule has 0 saturated heterocycles. The number of anilines is 2. The SMILES string of the molecule is CCCOc1nc(NN)nc(NC(CC)C(C)C)n1. The maximum atomic E-state index is 5.42. The van der Waals surface area contributed by atoms with Crippen molar-refractivity contribution in [3.63, 3.8) is 0 Å². The van der Waals surface area contributed by atoms with Crippen LogP contribution in [-0.4, -0.2) is 27.6 Å². The van der Waals surface area contributed by atoms with Crippen molar-refractivity contribution in [2.45, 2.75) is 46.6 Å². The summed E-state index contributed by atoms with van der Waals surface area (Å²) < 4.78 is 5.42. The molecule has 1 heterocycles. The molecule has 0 aliphatic heterocycles. The molecule has 0 spiro atoms. The molecule has 7 heteroatoms. The molecule has 0 bridgehead atoms. The van der Waals surface area contributed by atoms with Crippen LogP contribution in [0.4, 0.5) is 11.9 Å².